The fourth-order valence-electron chi connectivity index (χ4n) is 2.70. The summed E-state index contributed by atoms with van der Waals surface area (Å²) in [5.74, 6) is -0.469. The quantitative estimate of drug-likeness (QED) is 0.553. The van der Waals surface area contributed by atoms with Crippen LogP contribution in [0.25, 0.3) is 10.8 Å². The Morgan fingerprint density at radius 2 is 1.80 bits per heavy atom. The van der Waals surface area contributed by atoms with Gasteiger partial charge in [-0.15, -0.1) is 0 Å². The Kier molecular flexibility index (Phi) is 4.72. The third kappa shape index (κ3) is 3.64. The van der Waals surface area contributed by atoms with Crippen molar-refractivity contribution in [2.45, 2.75) is 6.10 Å². The summed E-state index contributed by atoms with van der Waals surface area (Å²) < 4.78 is 0. The number of non-ortho nitro benzene ring substituents is 1. The molecule has 0 saturated heterocycles. The average Bonchev–Trinajstić information content (AvgIpc) is 2.65. The lowest BCUT2D eigenvalue weighted by molar-refractivity contribution is -0.384. The van der Waals surface area contributed by atoms with Crippen molar-refractivity contribution in [1.82, 2.24) is 5.32 Å². The van der Waals surface area contributed by atoms with Crippen molar-refractivity contribution in [1.29, 1.82) is 0 Å². The number of nitrogens with zero attached hydrogens (tertiary/aromatic N) is 1. The molecule has 0 aliphatic carbocycles. The fraction of sp³-hybridized carbons (Fsp3) is 0.105. The zero-order valence-corrected chi connectivity index (χ0v) is 13.3. The molecule has 0 saturated carbocycles. The van der Waals surface area contributed by atoms with Crippen LogP contribution in [0.4, 0.5) is 5.69 Å². The molecule has 0 bridgehead atoms. The monoisotopic (exact) mass is 336 g/mol. The number of fused-ring (bicyclic) bond motifs is 1. The Morgan fingerprint density at radius 1 is 1.08 bits per heavy atom. The molecular weight excluding hydrogens is 320 g/mol. The minimum absolute atomic E-state index is 0.00946. The molecule has 3 aromatic carbocycles. The van der Waals surface area contributed by atoms with Crippen LogP contribution >= 0.6 is 0 Å². The standard InChI is InChI=1S/C19H16N2O4/c22-18(17-10-4-6-13-5-1-2-9-16(13)17)12-20-19(23)14-7-3-8-15(11-14)21(24)25/h1-11,18,22H,12H2,(H,20,23). The molecule has 3 aromatic rings. The Bertz CT molecular complexity index is 934. The van der Waals surface area contributed by atoms with Crippen LogP contribution in [0.2, 0.25) is 0 Å². The van der Waals surface area contributed by atoms with Gasteiger partial charge in [0.2, 0.25) is 0 Å². The number of aliphatic hydroxyl groups excluding tert-OH is 1. The van der Waals surface area contributed by atoms with Gasteiger partial charge in [0.25, 0.3) is 11.6 Å². The number of nitrogens with one attached hydrogen (secondary N) is 1. The zero-order valence-electron chi connectivity index (χ0n) is 13.3. The number of hydrogen-bond acceptors (Lipinski definition) is 4. The molecule has 6 heteroatoms. The van der Waals surface area contributed by atoms with Gasteiger partial charge < -0.3 is 10.4 Å². The van der Waals surface area contributed by atoms with Crippen LogP contribution in [0.1, 0.15) is 22.0 Å². The molecule has 1 amide bonds. The van der Waals surface area contributed by atoms with E-state index in [0.29, 0.717) is 0 Å². The highest BCUT2D eigenvalue weighted by Crippen LogP contribution is 2.24. The molecule has 0 aliphatic rings. The second-order valence-corrected chi connectivity index (χ2v) is 5.60. The maximum atomic E-state index is 12.2. The van der Waals surface area contributed by atoms with Gasteiger partial charge in [-0.05, 0) is 22.4 Å². The summed E-state index contributed by atoms with van der Waals surface area (Å²) in [6.45, 7) is 0.00946. The SMILES string of the molecule is O=C(NCC(O)c1cccc2ccccc12)c1cccc([N+](=O)[O-])c1. The Morgan fingerprint density at radius 3 is 2.60 bits per heavy atom. The van der Waals surface area contributed by atoms with Crippen molar-refractivity contribution in [2.24, 2.45) is 0 Å². The third-order valence-electron chi connectivity index (χ3n) is 3.96. The van der Waals surface area contributed by atoms with Gasteiger partial charge in [-0.2, -0.15) is 0 Å². The molecule has 3 rings (SSSR count). The predicted octanol–water partition coefficient (Wildman–Crippen LogP) is 3.21. The second-order valence-electron chi connectivity index (χ2n) is 5.60. The first-order chi connectivity index (χ1) is 12.1. The van der Waals surface area contributed by atoms with Crippen molar-refractivity contribution in [2.75, 3.05) is 6.54 Å². The van der Waals surface area contributed by atoms with E-state index in [1.807, 2.05) is 42.5 Å². The first-order valence-electron chi connectivity index (χ1n) is 7.74. The minimum Gasteiger partial charge on any atom is -0.387 e. The van der Waals surface area contributed by atoms with Gasteiger partial charge in [-0.25, -0.2) is 0 Å². The number of hydrogen-bond donors (Lipinski definition) is 2. The van der Waals surface area contributed by atoms with Gasteiger partial charge in [0.15, 0.2) is 0 Å². The number of carbonyl (C=O) groups is 1. The van der Waals surface area contributed by atoms with E-state index in [-0.39, 0.29) is 17.8 Å². The molecule has 1 unspecified atom stereocenters. The van der Waals surface area contributed by atoms with E-state index >= 15 is 0 Å². The molecule has 0 fully saturated rings. The van der Waals surface area contributed by atoms with E-state index in [1.54, 1.807) is 0 Å². The number of amides is 1. The van der Waals surface area contributed by atoms with E-state index in [0.717, 1.165) is 16.3 Å². The Balaban J connectivity index is 1.73. The number of nitro groups is 1. The van der Waals surface area contributed by atoms with E-state index < -0.39 is 16.9 Å². The summed E-state index contributed by atoms with van der Waals surface area (Å²) in [5, 5.41) is 25.8. The van der Waals surface area contributed by atoms with Crippen LogP contribution in [-0.4, -0.2) is 22.5 Å². The van der Waals surface area contributed by atoms with Gasteiger partial charge in [0, 0.05) is 24.2 Å². The molecule has 0 radical (unpaired) electrons. The lowest BCUT2D eigenvalue weighted by atomic mass is 10.0. The first kappa shape index (κ1) is 16.6. The second kappa shape index (κ2) is 7.11. The smallest absolute Gasteiger partial charge is 0.270 e. The molecule has 0 heterocycles. The van der Waals surface area contributed by atoms with Crippen LogP contribution in [0.15, 0.2) is 66.7 Å². The number of carbonyl (C=O) groups excluding carboxylic acids is 1. The topological polar surface area (TPSA) is 92.5 Å². The highest BCUT2D eigenvalue weighted by atomic mass is 16.6. The number of rotatable bonds is 5. The summed E-state index contributed by atoms with van der Waals surface area (Å²) in [6, 6.07) is 18.8. The summed E-state index contributed by atoms with van der Waals surface area (Å²) in [4.78, 5) is 22.4. The summed E-state index contributed by atoms with van der Waals surface area (Å²) >= 11 is 0. The largest absolute Gasteiger partial charge is 0.387 e. The molecule has 126 valence electrons. The molecular formula is C19H16N2O4. The van der Waals surface area contributed by atoms with Gasteiger partial charge >= 0.3 is 0 Å². The first-order valence-corrected chi connectivity index (χ1v) is 7.74. The highest BCUT2D eigenvalue weighted by Gasteiger charge is 2.15. The van der Waals surface area contributed by atoms with Crippen LogP contribution in [0, 0.1) is 10.1 Å². The Hall–Kier alpha value is -3.25. The van der Waals surface area contributed by atoms with Gasteiger partial charge in [-0.3, -0.25) is 14.9 Å². The van der Waals surface area contributed by atoms with Gasteiger partial charge in [0.05, 0.1) is 11.0 Å². The van der Waals surface area contributed by atoms with Crippen molar-refractivity contribution in [3.05, 3.63) is 88.0 Å². The summed E-state index contributed by atoms with van der Waals surface area (Å²) in [7, 11) is 0. The van der Waals surface area contributed by atoms with Crippen molar-refractivity contribution >= 4 is 22.4 Å². The normalized spacial score (nSPS) is 11.9. The molecule has 0 aromatic heterocycles. The zero-order chi connectivity index (χ0) is 17.8. The highest BCUT2D eigenvalue weighted by molar-refractivity contribution is 5.94. The fourth-order valence-corrected chi connectivity index (χ4v) is 2.70. The number of nitro benzene ring substituents is 1. The lowest BCUT2D eigenvalue weighted by Gasteiger charge is -2.14. The molecule has 1 atom stereocenters. The van der Waals surface area contributed by atoms with Crippen molar-refractivity contribution < 1.29 is 14.8 Å². The Labute approximate surface area is 143 Å². The molecule has 0 aliphatic heterocycles. The van der Waals surface area contributed by atoms with Crippen LogP contribution < -0.4 is 5.32 Å². The van der Waals surface area contributed by atoms with E-state index in [1.165, 1.54) is 24.3 Å². The lowest BCUT2D eigenvalue weighted by Crippen LogP contribution is -2.28. The van der Waals surface area contributed by atoms with Crippen molar-refractivity contribution in [3.63, 3.8) is 0 Å². The predicted molar refractivity (Wildman–Crippen MR) is 94.3 cm³/mol. The van der Waals surface area contributed by atoms with E-state index in [9.17, 15) is 20.0 Å². The van der Waals surface area contributed by atoms with Gasteiger partial charge in [0.1, 0.15) is 0 Å². The maximum absolute atomic E-state index is 12.2. The van der Waals surface area contributed by atoms with Crippen LogP contribution in [0.3, 0.4) is 0 Å². The third-order valence-corrected chi connectivity index (χ3v) is 3.96. The molecule has 25 heavy (non-hydrogen) atoms. The number of aliphatic hydroxyl groups is 1. The van der Waals surface area contributed by atoms with E-state index in [2.05, 4.69) is 5.32 Å². The number of benzene rings is 3. The van der Waals surface area contributed by atoms with Gasteiger partial charge in [-0.1, -0.05) is 48.5 Å². The minimum atomic E-state index is -0.881. The summed E-state index contributed by atoms with van der Waals surface area (Å²) in [6.07, 6.45) is -0.881. The van der Waals surface area contributed by atoms with Crippen LogP contribution in [0.5, 0.6) is 0 Å². The summed E-state index contributed by atoms with van der Waals surface area (Å²) in [5.41, 5.74) is 0.749. The molecule has 0 spiro atoms. The van der Waals surface area contributed by atoms with E-state index in [4.69, 9.17) is 0 Å². The molecule has 2 N–H and O–H groups in total. The average molecular weight is 336 g/mol. The molecule has 6 nitrogen and oxygen atoms in total. The van der Waals surface area contributed by atoms with Crippen LogP contribution in [-0.2, 0) is 0 Å². The van der Waals surface area contributed by atoms with Crippen molar-refractivity contribution in [3.8, 4) is 0 Å². The maximum Gasteiger partial charge on any atom is 0.270 e.